The molecule has 1 aromatic carbocycles. The van der Waals surface area contributed by atoms with Crippen molar-refractivity contribution in [1.82, 2.24) is 5.32 Å². The van der Waals surface area contributed by atoms with Gasteiger partial charge in [-0.15, -0.1) is 0 Å². The Morgan fingerprint density at radius 2 is 1.57 bits per heavy atom. The van der Waals surface area contributed by atoms with Crippen molar-refractivity contribution in [3.63, 3.8) is 0 Å². The zero-order chi connectivity index (χ0) is 15.5. The van der Waals surface area contributed by atoms with Crippen LogP contribution in [0.2, 0.25) is 10.0 Å². The van der Waals surface area contributed by atoms with Gasteiger partial charge in [-0.2, -0.15) is 0 Å². The van der Waals surface area contributed by atoms with Gasteiger partial charge in [0.1, 0.15) is 0 Å². The van der Waals surface area contributed by atoms with Crippen LogP contribution >= 0.6 is 39.1 Å². The van der Waals surface area contributed by atoms with Gasteiger partial charge in [0.05, 0.1) is 0 Å². The molecule has 120 valence electrons. The van der Waals surface area contributed by atoms with Crippen LogP contribution in [0.1, 0.15) is 63.9 Å². The van der Waals surface area contributed by atoms with E-state index >= 15 is 0 Å². The third kappa shape index (κ3) is 8.44. The number of halogens is 3. The second-order valence-corrected chi connectivity index (χ2v) is 7.20. The molecular formula is C17H26BrCl2N. The van der Waals surface area contributed by atoms with Gasteiger partial charge < -0.3 is 5.32 Å². The topological polar surface area (TPSA) is 12.0 Å². The van der Waals surface area contributed by atoms with Crippen LogP contribution in [0.4, 0.5) is 0 Å². The molecular weight excluding hydrogens is 369 g/mol. The lowest BCUT2D eigenvalue weighted by atomic mass is 10.1. The van der Waals surface area contributed by atoms with E-state index in [0.29, 0.717) is 5.02 Å². The van der Waals surface area contributed by atoms with Crippen molar-refractivity contribution in [2.75, 3.05) is 6.54 Å². The van der Waals surface area contributed by atoms with E-state index < -0.39 is 0 Å². The second-order valence-electron chi connectivity index (χ2n) is 5.50. The molecule has 0 spiro atoms. The fourth-order valence-electron chi connectivity index (χ4n) is 2.34. The minimum atomic E-state index is 0.665. The first-order chi connectivity index (χ1) is 10.1. The normalized spacial score (nSPS) is 11.0. The molecule has 0 bridgehead atoms. The van der Waals surface area contributed by atoms with E-state index in [0.717, 1.165) is 28.1 Å². The number of rotatable bonds is 11. The first kappa shape index (κ1) is 19.3. The lowest BCUT2D eigenvalue weighted by molar-refractivity contribution is 0.555. The minimum Gasteiger partial charge on any atom is -0.313 e. The van der Waals surface area contributed by atoms with Gasteiger partial charge in [0, 0.05) is 21.1 Å². The number of hydrogen-bond donors (Lipinski definition) is 1. The van der Waals surface area contributed by atoms with Crippen molar-refractivity contribution in [1.29, 1.82) is 0 Å². The lowest BCUT2D eigenvalue weighted by Gasteiger charge is -2.09. The standard InChI is InChI=1S/C17H26BrCl2N/c1-2-3-4-5-6-7-8-9-10-21-13-15-16(18)11-14(19)12-17(15)20/h11-12,21H,2-10,13H2,1H3. The smallest absolute Gasteiger partial charge is 0.0477 e. The molecule has 0 aromatic heterocycles. The summed E-state index contributed by atoms with van der Waals surface area (Å²) < 4.78 is 0.975. The summed E-state index contributed by atoms with van der Waals surface area (Å²) in [6.07, 6.45) is 10.8. The Balaban J connectivity index is 2.07. The van der Waals surface area contributed by atoms with Gasteiger partial charge in [-0.05, 0) is 30.7 Å². The fraction of sp³-hybridized carbons (Fsp3) is 0.647. The first-order valence-corrected chi connectivity index (χ1v) is 9.54. The zero-order valence-corrected chi connectivity index (χ0v) is 16.0. The van der Waals surface area contributed by atoms with E-state index in [1.165, 1.54) is 51.4 Å². The van der Waals surface area contributed by atoms with Gasteiger partial charge in [-0.3, -0.25) is 0 Å². The highest BCUT2D eigenvalue weighted by Gasteiger charge is 2.06. The molecule has 4 heteroatoms. The van der Waals surface area contributed by atoms with Crippen LogP contribution in [-0.4, -0.2) is 6.54 Å². The molecule has 0 saturated heterocycles. The van der Waals surface area contributed by atoms with Gasteiger partial charge >= 0.3 is 0 Å². The molecule has 0 aliphatic carbocycles. The van der Waals surface area contributed by atoms with E-state index in [4.69, 9.17) is 23.2 Å². The van der Waals surface area contributed by atoms with Crippen molar-refractivity contribution in [2.45, 2.75) is 64.8 Å². The van der Waals surface area contributed by atoms with Crippen molar-refractivity contribution in [3.05, 3.63) is 32.2 Å². The van der Waals surface area contributed by atoms with Crippen molar-refractivity contribution < 1.29 is 0 Å². The van der Waals surface area contributed by atoms with Crippen molar-refractivity contribution >= 4 is 39.1 Å². The molecule has 1 rings (SSSR count). The Morgan fingerprint density at radius 1 is 0.952 bits per heavy atom. The molecule has 0 aliphatic rings. The van der Waals surface area contributed by atoms with Gasteiger partial charge in [0.15, 0.2) is 0 Å². The Labute approximate surface area is 147 Å². The summed E-state index contributed by atoms with van der Waals surface area (Å²) in [5, 5.41) is 4.84. The average molecular weight is 395 g/mol. The third-order valence-corrected chi connectivity index (χ3v) is 4.88. The average Bonchev–Trinajstić information content (AvgIpc) is 2.43. The largest absolute Gasteiger partial charge is 0.313 e. The summed E-state index contributed by atoms with van der Waals surface area (Å²) in [6.45, 7) is 4.09. The van der Waals surface area contributed by atoms with Crippen LogP contribution in [0.3, 0.4) is 0 Å². The maximum atomic E-state index is 6.20. The Morgan fingerprint density at radius 3 is 2.19 bits per heavy atom. The molecule has 0 saturated carbocycles. The van der Waals surface area contributed by atoms with Crippen LogP contribution in [0, 0.1) is 0 Å². The SMILES string of the molecule is CCCCCCCCCCNCc1c(Cl)cc(Cl)cc1Br. The van der Waals surface area contributed by atoms with E-state index in [-0.39, 0.29) is 0 Å². The maximum absolute atomic E-state index is 6.20. The molecule has 0 radical (unpaired) electrons. The summed E-state index contributed by atoms with van der Waals surface area (Å²) in [7, 11) is 0. The molecule has 21 heavy (non-hydrogen) atoms. The maximum Gasteiger partial charge on any atom is 0.0477 e. The van der Waals surface area contributed by atoms with Crippen LogP contribution < -0.4 is 5.32 Å². The molecule has 0 unspecified atom stereocenters. The Bertz CT molecular complexity index is 387. The monoisotopic (exact) mass is 393 g/mol. The van der Waals surface area contributed by atoms with E-state index in [2.05, 4.69) is 28.2 Å². The quantitative estimate of drug-likeness (QED) is 0.399. The van der Waals surface area contributed by atoms with Crippen LogP contribution in [0.25, 0.3) is 0 Å². The molecule has 1 aromatic rings. The first-order valence-electron chi connectivity index (χ1n) is 7.99. The molecule has 1 nitrogen and oxygen atoms in total. The zero-order valence-electron chi connectivity index (χ0n) is 12.9. The number of hydrogen-bond acceptors (Lipinski definition) is 1. The van der Waals surface area contributed by atoms with Gasteiger partial charge in [-0.1, -0.05) is 91.0 Å². The Hall–Kier alpha value is 0.240. The summed E-state index contributed by atoms with van der Waals surface area (Å²) in [5.74, 6) is 0. The highest BCUT2D eigenvalue weighted by molar-refractivity contribution is 9.10. The van der Waals surface area contributed by atoms with Crippen LogP contribution in [0.15, 0.2) is 16.6 Å². The minimum absolute atomic E-state index is 0.665. The molecule has 0 aliphatic heterocycles. The van der Waals surface area contributed by atoms with Crippen molar-refractivity contribution in [3.8, 4) is 0 Å². The van der Waals surface area contributed by atoms with E-state index in [9.17, 15) is 0 Å². The summed E-state index contributed by atoms with van der Waals surface area (Å²) in [5.41, 5.74) is 1.08. The van der Waals surface area contributed by atoms with Gasteiger partial charge in [0.25, 0.3) is 0 Å². The van der Waals surface area contributed by atoms with Gasteiger partial charge in [-0.25, -0.2) is 0 Å². The predicted octanol–water partition coefficient (Wildman–Crippen LogP) is 6.99. The highest BCUT2D eigenvalue weighted by atomic mass is 79.9. The second kappa shape index (κ2) is 11.8. The van der Waals surface area contributed by atoms with Crippen molar-refractivity contribution in [2.24, 2.45) is 0 Å². The molecule has 1 N–H and O–H groups in total. The number of unbranched alkanes of at least 4 members (excludes halogenated alkanes) is 7. The fourth-order valence-corrected chi connectivity index (χ4v) is 3.74. The van der Waals surface area contributed by atoms with Gasteiger partial charge in [0.2, 0.25) is 0 Å². The molecule has 0 atom stereocenters. The predicted molar refractivity (Wildman–Crippen MR) is 98.5 cm³/mol. The highest BCUT2D eigenvalue weighted by Crippen LogP contribution is 2.29. The number of benzene rings is 1. The van der Waals surface area contributed by atoms with E-state index in [1.54, 1.807) is 6.07 Å². The molecule has 0 fully saturated rings. The number of nitrogens with one attached hydrogen (secondary N) is 1. The van der Waals surface area contributed by atoms with Crippen LogP contribution in [-0.2, 0) is 6.54 Å². The Kier molecular flexibility index (Phi) is 10.8. The lowest BCUT2D eigenvalue weighted by Crippen LogP contribution is -2.15. The molecule has 0 amide bonds. The summed E-state index contributed by atoms with van der Waals surface area (Å²) in [4.78, 5) is 0. The third-order valence-electron chi connectivity index (χ3n) is 3.61. The summed E-state index contributed by atoms with van der Waals surface area (Å²) >= 11 is 15.7. The van der Waals surface area contributed by atoms with E-state index in [1.807, 2.05) is 6.07 Å². The summed E-state index contributed by atoms with van der Waals surface area (Å²) in [6, 6.07) is 3.68. The van der Waals surface area contributed by atoms with Crippen LogP contribution in [0.5, 0.6) is 0 Å². The molecule has 0 heterocycles.